The van der Waals surface area contributed by atoms with E-state index in [1.165, 1.54) is 0 Å². The van der Waals surface area contributed by atoms with Gasteiger partial charge in [-0.3, -0.25) is 9.78 Å². The molecule has 1 fully saturated rings. The fourth-order valence-corrected chi connectivity index (χ4v) is 3.13. The summed E-state index contributed by atoms with van der Waals surface area (Å²) in [5.41, 5.74) is 1.95. The summed E-state index contributed by atoms with van der Waals surface area (Å²) >= 11 is 0. The molecule has 120 valence electrons. The molecule has 1 aliphatic rings. The smallest absolute Gasteiger partial charge is 0.230 e. The van der Waals surface area contributed by atoms with E-state index < -0.39 is 0 Å². The van der Waals surface area contributed by atoms with Crippen molar-refractivity contribution in [2.45, 2.75) is 32.2 Å². The SMILES string of the molecule is COc1ccc(N(Cc2cccnc2)C(=O)C2CCCC2)cc1. The summed E-state index contributed by atoms with van der Waals surface area (Å²) in [6.45, 7) is 0.551. The van der Waals surface area contributed by atoms with Crippen molar-refractivity contribution in [2.24, 2.45) is 5.92 Å². The highest BCUT2D eigenvalue weighted by molar-refractivity contribution is 5.95. The molecular weight excluding hydrogens is 288 g/mol. The van der Waals surface area contributed by atoms with Crippen LogP contribution in [0.15, 0.2) is 48.8 Å². The summed E-state index contributed by atoms with van der Waals surface area (Å²) < 4.78 is 5.21. The number of carbonyl (C=O) groups excluding carboxylic acids is 1. The summed E-state index contributed by atoms with van der Waals surface area (Å²) in [7, 11) is 1.64. The Morgan fingerprint density at radius 1 is 1.22 bits per heavy atom. The zero-order valence-corrected chi connectivity index (χ0v) is 13.4. The van der Waals surface area contributed by atoms with Gasteiger partial charge in [-0.15, -0.1) is 0 Å². The number of methoxy groups -OCH3 is 1. The fraction of sp³-hybridized carbons (Fsp3) is 0.368. The summed E-state index contributed by atoms with van der Waals surface area (Å²) in [6.07, 6.45) is 7.87. The van der Waals surface area contributed by atoms with Crippen LogP contribution in [-0.4, -0.2) is 18.0 Å². The maximum Gasteiger partial charge on any atom is 0.230 e. The number of aromatic nitrogens is 1. The number of ether oxygens (including phenoxy) is 1. The second-order valence-electron chi connectivity index (χ2n) is 5.97. The molecule has 0 aliphatic heterocycles. The second-order valence-corrected chi connectivity index (χ2v) is 5.97. The number of benzene rings is 1. The standard InChI is InChI=1S/C19H22N2O2/c1-23-18-10-8-17(9-11-18)21(14-15-5-4-12-20-13-15)19(22)16-6-2-3-7-16/h4-5,8-13,16H,2-3,6-7,14H2,1H3. The Morgan fingerprint density at radius 3 is 2.57 bits per heavy atom. The molecule has 1 heterocycles. The summed E-state index contributed by atoms with van der Waals surface area (Å²) in [4.78, 5) is 19.0. The number of anilines is 1. The van der Waals surface area contributed by atoms with E-state index in [4.69, 9.17) is 4.74 Å². The first-order valence-corrected chi connectivity index (χ1v) is 8.12. The largest absolute Gasteiger partial charge is 0.497 e. The van der Waals surface area contributed by atoms with Gasteiger partial charge in [0, 0.05) is 24.0 Å². The summed E-state index contributed by atoms with van der Waals surface area (Å²) in [5.74, 6) is 1.16. The van der Waals surface area contributed by atoms with E-state index in [9.17, 15) is 4.79 Å². The maximum absolute atomic E-state index is 13.0. The average Bonchev–Trinajstić information content (AvgIpc) is 3.15. The summed E-state index contributed by atoms with van der Waals surface area (Å²) in [5, 5.41) is 0. The van der Waals surface area contributed by atoms with Gasteiger partial charge in [0.05, 0.1) is 13.7 Å². The number of nitrogens with zero attached hydrogens (tertiary/aromatic N) is 2. The highest BCUT2D eigenvalue weighted by Crippen LogP contribution is 2.30. The van der Waals surface area contributed by atoms with E-state index in [1.807, 2.05) is 47.5 Å². The van der Waals surface area contributed by atoms with Crippen molar-refractivity contribution >= 4 is 11.6 Å². The molecule has 23 heavy (non-hydrogen) atoms. The van der Waals surface area contributed by atoms with Crippen molar-refractivity contribution in [3.63, 3.8) is 0 Å². The molecule has 3 rings (SSSR count). The zero-order chi connectivity index (χ0) is 16.1. The quantitative estimate of drug-likeness (QED) is 0.843. The second kappa shape index (κ2) is 7.27. The third-order valence-corrected chi connectivity index (χ3v) is 4.42. The molecule has 1 saturated carbocycles. The average molecular weight is 310 g/mol. The van der Waals surface area contributed by atoms with E-state index in [0.717, 1.165) is 42.7 Å². The molecule has 1 aromatic carbocycles. The third kappa shape index (κ3) is 3.70. The van der Waals surface area contributed by atoms with Crippen molar-refractivity contribution < 1.29 is 9.53 Å². The van der Waals surface area contributed by atoms with Gasteiger partial charge in [-0.2, -0.15) is 0 Å². The highest BCUT2D eigenvalue weighted by Gasteiger charge is 2.28. The van der Waals surface area contributed by atoms with Gasteiger partial charge in [-0.25, -0.2) is 0 Å². The Labute approximate surface area is 137 Å². The Hall–Kier alpha value is -2.36. The van der Waals surface area contributed by atoms with Crippen LogP contribution in [0.5, 0.6) is 5.75 Å². The normalized spacial score (nSPS) is 14.7. The van der Waals surface area contributed by atoms with Crippen LogP contribution in [0.1, 0.15) is 31.2 Å². The monoisotopic (exact) mass is 310 g/mol. The van der Waals surface area contributed by atoms with Gasteiger partial charge in [0.2, 0.25) is 5.91 Å². The maximum atomic E-state index is 13.0. The van der Waals surface area contributed by atoms with Crippen LogP contribution in [0.3, 0.4) is 0 Å². The van der Waals surface area contributed by atoms with Crippen molar-refractivity contribution in [1.29, 1.82) is 0 Å². The number of carbonyl (C=O) groups is 1. The Balaban J connectivity index is 1.86. The van der Waals surface area contributed by atoms with Crippen LogP contribution in [0.25, 0.3) is 0 Å². The van der Waals surface area contributed by atoms with Gasteiger partial charge >= 0.3 is 0 Å². The van der Waals surface area contributed by atoms with Gasteiger partial charge in [-0.1, -0.05) is 18.9 Å². The number of hydrogen-bond donors (Lipinski definition) is 0. The highest BCUT2D eigenvalue weighted by atomic mass is 16.5. The van der Waals surface area contributed by atoms with Crippen LogP contribution in [-0.2, 0) is 11.3 Å². The van der Waals surface area contributed by atoms with E-state index in [0.29, 0.717) is 6.54 Å². The van der Waals surface area contributed by atoms with Gasteiger partial charge in [0.1, 0.15) is 5.75 Å². The lowest BCUT2D eigenvalue weighted by atomic mass is 10.1. The van der Waals surface area contributed by atoms with Crippen molar-refractivity contribution in [3.8, 4) is 5.75 Å². The number of rotatable bonds is 5. The van der Waals surface area contributed by atoms with Gasteiger partial charge in [0.15, 0.2) is 0 Å². The van der Waals surface area contributed by atoms with Gasteiger partial charge in [-0.05, 0) is 48.7 Å². The molecule has 1 aromatic heterocycles. The first kappa shape index (κ1) is 15.5. The van der Waals surface area contributed by atoms with Crippen molar-refractivity contribution in [3.05, 3.63) is 54.4 Å². The molecule has 0 unspecified atom stereocenters. The summed E-state index contributed by atoms with van der Waals surface area (Å²) in [6, 6.07) is 11.6. The Bertz CT molecular complexity index is 634. The van der Waals surface area contributed by atoms with Gasteiger partial charge in [0.25, 0.3) is 0 Å². The predicted octanol–water partition coefficient (Wildman–Crippen LogP) is 3.81. The van der Waals surface area contributed by atoms with E-state index in [2.05, 4.69) is 4.98 Å². The fourth-order valence-electron chi connectivity index (χ4n) is 3.13. The minimum atomic E-state index is 0.147. The van der Waals surface area contributed by atoms with Crippen LogP contribution < -0.4 is 9.64 Å². The lowest BCUT2D eigenvalue weighted by Gasteiger charge is -2.26. The minimum Gasteiger partial charge on any atom is -0.497 e. The Kier molecular flexibility index (Phi) is 4.91. The van der Waals surface area contributed by atoms with Crippen LogP contribution in [0, 0.1) is 5.92 Å². The molecule has 4 nitrogen and oxygen atoms in total. The third-order valence-electron chi connectivity index (χ3n) is 4.42. The number of hydrogen-bond acceptors (Lipinski definition) is 3. The molecule has 0 N–H and O–H groups in total. The molecule has 0 atom stereocenters. The van der Waals surface area contributed by atoms with Gasteiger partial charge < -0.3 is 9.64 Å². The van der Waals surface area contributed by atoms with Crippen LogP contribution >= 0.6 is 0 Å². The molecule has 0 bridgehead atoms. The first-order chi connectivity index (χ1) is 11.3. The lowest BCUT2D eigenvalue weighted by molar-refractivity contribution is -0.122. The topological polar surface area (TPSA) is 42.4 Å². The van der Waals surface area contributed by atoms with Crippen molar-refractivity contribution in [2.75, 3.05) is 12.0 Å². The predicted molar refractivity (Wildman–Crippen MR) is 90.4 cm³/mol. The van der Waals surface area contributed by atoms with E-state index in [1.54, 1.807) is 13.3 Å². The van der Waals surface area contributed by atoms with E-state index in [-0.39, 0.29) is 11.8 Å². The molecule has 1 amide bonds. The lowest BCUT2D eigenvalue weighted by Crippen LogP contribution is -2.34. The van der Waals surface area contributed by atoms with Crippen molar-refractivity contribution in [1.82, 2.24) is 4.98 Å². The van der Waals surface area contributed by atoms with E-state index >= 15 is 0 Å². The zero-order valence-electron chi connectivity index (χ0n) is 13.4. The minimum absolute atomic E-state index is 0.147. The molecule has 0 saturated heterocycles. The van der Waals surface area contributed by atoms with Crippen LogP contribution in [0.4, 0.5) is 5.69 Å². The number of pyridine rings is 1. The first-order valence-electron chi connectivity index (χ1n) is 8.12. The Morgan fingerprint density at radius 2 is 1.96 bits per heavy atom. The molecule has 0 radical (unpaired) electrons. The molecule has 4 heteroatoms. The molecular formula is C19H22N2O2. The molecule has 1 aliphatic carbocycles. The molecule has 2 aromatic rings. The number of amides is 1. The van der Waals surface area contributed by atoms with Crippen LogP contribution in [0.2, 0.25) is 0 Å². The molecule has 0 spiro atoms.